The number of benzene rings is 2. The number of aryl methyl sites for hydroxylation is 1. The van der Waals surface area contributed by atoms with Gasteiger partial charge in [-0.05, 0) is 36.5 Å². The number of carbonyl (C=O) groups is 2. The lowest BCUT2D eigenvalue weighted by Crippen LogP contribution is -2.44. The monoisotopic (exact) mass is 421 g/mol. The minimum absolute atomic E-state index is 0.0910. The minimum Gasteiger partial charge on any atom is -0.349 e. The summed E-state index contributed by atoms with van der Waals surface area (Å²) in [5.74, 6) is -0.312. The molecular formula is C25H28FN3O2. The molecule has 3 atom stereocenters. The quantitative estimate of drug-likeness (QED) is 0.676. The smallest absolute Gasteiger partial charge is 0.250 e. The lowest BCUT2D eigenvalue weighted by Gasteiger charge is -2.19. The van der Waals surface area contributed by atoms with Gasteiger partial charge in [0.25, 0.3) is 5.91 Å². The van der Waals surface area contributed by atoms with E-state index in [0.29, 0.717) is 13.0 Å². The van der Waals surface area contributed by atoms with Crippen LogP contribution in [-0.4, -0.2) is 43.2 Å². The Bertz CT molecular complexity index is 947. The highest BCUT2D eigenvalue weighted by Crippen LogP contribution is 2.27. The first-order valence-electron chi connectivity index (χ1n) is 10.9. The van der Waals surface area contributed by atoms with Gasteiger partial charge in [0.2, 0.25) is 5.91 Å². The van der Waals surface area contributed by atoms with Crippen LogP contribution in [0, 0.1) is 0 Å². The Kier molecular flexibility index (Phi) is 6.77. The van der Waals surface area contributed by atoms with Crippen molar-refractivity contribution in [3.8, 4) is 0 Å². The molecule has 4 rings (SSSR count). The van der Waals surface area contributed by atoms with Gasteiger partial charge in [0.15, 0.2) is 0 Å². The van der Waals surface area contributed by atoms with Crippen molar-refractivity contribution in [2.24, 2.45) is 0 Å². The maximum absolute atomic E-state index is 13.5. The summed E-state index contributed by atoms with van der Waals surface area (Å²) in [5.41, 5.74) is 3.29. The van der Waals surface area contributed by atoms with Crippen molar-refractivity contribution in [1.29, 1.82) is 0 Å². The standard InChI is InChI=1S/C25H28FN3O2/c26-20-16-22(27-17-20)25(31)28-21(11-10-18-6-2-1-3-7-18)12-13-24(30)29-15-14-19-8-4-5-9-23(19)29/h1-9,12-13,20-22,27H,10-11,14-17H2,(H,28,31)/b13-12+/t20?,21-,22-/m0/s1. The maximum atomic E-state index is 13.5. The van der Waals surface area contributed by atoms with Crippen molar-refractivity contribution in [3.63, 3.8) is 0 Å². The van der Waals surface area contributed by atoms with Crippen LogP contribution in [0.3, 0.4) is 0 Å². The van der Waals surface area contributed by atoms with E-state index in [1.807, 2.05) is 54.6 Å². The Morgan fingerprint density at radius 1 is 1.16 bits per heavy atom. The van der Waals surface area contributed by atoms with Gasteiger partial charge in [-0.2, -0.15) is 0 Å². The summed E-state index contributed by atoms with van der Waals surface area (Å²) in [4.78, 5) is 27.2. The molecule has 0 bridgehead atoms. The summed E-state index contributed by atoms with van der Waals surface area (Å²) in [5, 5.41) is 5.91. The Balaban J connectivity index is 1.42. The average molecular weight is 422 g/mol. The molecule has 2 amide bonds. The largest absolute Gasteiger partial charge is 0.349 e. The van der Waals surface area contributed by atoms with E-state index in [9.17, 15) is 14.0 Å². The maximum Gasteiger partial charge on any atom is 0.250 e. The number of fused-ring (bicyclic) bond motifs is 1. The molecule has 162 valence electrons. The lowest BCUT2D eigenvalue weighted by atomic mass is 10.0. The van der Waals surface area contributed by atoms with Crippen molar-refractivity contribution in [2.45, 2.75) is 43.9 Å². The summed E-state index contributed by atoms with van der Waals surface area (Å²) >= 11 is 0. The van der Waals surface area contributed by atoms with E-state index in [-0.39, 0.29) is 30.8 Å². The third-order valence-electron chi connectivity index (χ3n) is 5.93. The summed E-state index contributed by atoms with van der Waals surface area (Å²) in [7, 11) is 0. The zero-order valence-corrected chi connectivity index (χ0v) is 17.5. The fraction of sp³-hybridized carbons (Fsp3) is 0.360. The number of halogens is 1. The van der Waals surface area contributed by atoms with E-state index in [1.165, 1.54) is 5.56 Å². The Morgan fingerprint density at radius 3 is 2.71 bits per heavy atom. The number of para-hydroxylation sites is 1. The summed E-state index contributed by atoms with van der Waals surface area (Å²) < 4.78 is 13.5. The van der Waals surface area contributed by atoms with E-state index >= 15 is 0 Å². The van der Waals surface area contributed by atoms with Crippen LogP contribution in [0.25, 0.3) is 0 Å². The van der Waals surface area contributed by atoms with Crippen LogP contribution in [0.5, 0.6) is 0 Å². The first-order chi connectivity index (χ1) is 15.1. The van der Waals surface area contributed by atoms with E-state index in [2.05, 4.69) is 10.6 Å². The van der Waals surface area contributed by atoms with E-state index in [0.717, 1.165) is 24.1 Å². The average Bonchev–Trinajstić information content (AvgIpc) is 3.42. The first kappa shape index (κ1) is 21.2. The number of nitrogens with one attached hydrogen (secondary N) is 2. The van der Waals surface area contributed by atoms with Gasteiger partial charge in [-0.1, -0.05) is 54.6 Å². The molecule has 1 unspecified atom stereocenters. The topological polar surface area (TPSA) is 61.4 Å². The number of carbonyl (C=O) groups excluding carboxylic acids is 2. The Morgan fingerprint density at radius 2 is 1.94 bits per heavy atom. The van der Waals surface area contributed by atoms with Crippen LogP contribution in [-0.2, 0) is 22.4 Å². The van der Waals surface area contributed by atoms with Gasteiger partial charge in [-0.3, -0.25) is 9.59 Å². The fourth-order valence-corrected chi connectivity index (χ4v) is 4.21. The van der Waals surface area contributed by atoms with Gasteiger partial charge in [-0.15, -0.1) is 0 Å². The predicted octanol–water partition coefficient (Wildman–Crippen LogP) is 2.95. The number of alkyl halides is 1. The van der Waals surface area contributed by atoms with E-state index in [4.69, 9.17) is 0 Å². The molecule has 6 heteroatoms. The van der Waals surface area contributed by atoms with Gasteiger partial charge in [0.1, 0.15) is 6.17 Å². The summed E-state index contributed by atoms with van der Waals surface area (Å²) in [6.45, 7) is 0.864. The van der Waals surface area contributed by atoms with Gasteiger partial charge in [0, 0.05) is 37.3 Å². The van der Waals surface area contributed by atoms with Crippen molar-refractivity contribution in [2.75, 3.05) is 18.0 Å². The first-order valence-corrected chi connectivity index (χ1v) is 10.9. The fourth-order valence-electron chi connectivity index (χ4n) is 4.21. The molecule has 0 saturated carbocycles. The Labute approximate surface area is 182 Å². The molecular weight excluding hydrogens is 393 g/mol. The highest BCUT2D eigenvalue weighted by atomic mass is 19.1. The van der Waals surface area contributed by atoms with Crippen molar-refractivity contribution in [1.82, 2.24) is 10.6 Å². The number of amides is 2. The molecule has 0 spiro atoms. The number of hydrogen-bond donors (Lipinski definition) is 2. The summed E-state index contributed by atoms with van der Waals surface area (Å²) in [6, 6.07) is 17.1. The lowest BCUT2D eigenvalue weighted by molar-refractivity contribution is -0.123. The van der Waals surface area contributed by atoms with Gasteiger partial charge < -0.3 is 15.5 Å². The molecule has 1 fully saturated rings. The number of hydrogen-bond acceptors (Lipinski definition) is 3. The molecule has 0 aliphatic carbocycles. The van der Waals surface area contributed by atoms with Crippen molar-refractivity contribution in [3.05, 3.63) is 77.9 Å². The second kappa shape index (κ2) is 9.88. The molecule has 0 aromatic heterocycles. The predicted molar refractivity (Wildman–Crippen MR) is 120 cm³/mol. The molecule has 2 aromatic rings. The zero-order chi connectivity index (χ0) is 21.6. The van der Waals surface area contributed by atoms with Crippen LogP contribution in [0.2, 0.25) is 0 Å². The summed E-state index contributed by atoms with van der Waals surface area (Å²) in [6.07, 6.45) is 4.78. The molecule has 5 nitrogen and oxygen atoms in total. The Hall–Kier alpha value is -2.99. The van der Waals surface area contributed by atoms with Gasteiger partial charge in [-0.25, -0.2) is 4.39 Å². The second-order valence-corrected chi connectivity index (χ2v) is 8.16. The highest BCUT2D eigenvalue weighted by molar-refractivity contribution is 6.03. The number of nitrogens with zero attached hydrogens (tertiary/aromatic N) is 1. The minimum atomic E-state index is -0.995. The highest BCUT2D eigenvalue weighted by Gasteiger charge is 2.30. The third kappa shape index (κ3) is 5.39. The van der Waals surface area contributed by atoms with Gasteiger partial charge >= 0.3 is 0 Å². The number of anilines is 1. The molecule has 2 aliphatic heterocycles. The van der Waals surface area contributed by atoms with E-state index in [1.54, 1.807) is 17.1 Å². The number of rotatable bonds is 7. The zero-order valence-electron chi connectivity index (χ0n) is 17.5. The molecule has 2 aromatic carbocycles. The molecule has 1 saturated heterocycles. The van der Waals surface area contributed by atoms with Crippen LogP contribution < -0.4 is 15.5 Å². The second-order valence-electron chi connectivity index (χ2n) is 8.16. The van der Waals surface area contributed by atoms with E-state index < -0.39 is 12.2 Å². The van der Waals surface area contributed by atoms with Crippen molar-refractivity contribution >= 4 is 17.5 Å². The van der Waals surface area contributed by atoms with Crippen LogP contribution in [0.15, 0.2) is 66.7 Å². The molecule has 0 radical (unpaired) electrons. The van der Waals surface area contributed by atoms with Gasteiger partial charge in [0.05, 0.1) is 6.04 Å². The van der Waals surface area contributed by atoms with Crippen LogP contribution in [0.4, 0.5) is 10.1 Å². The van der Waals surface area contributed by atoms with Crippen LogP contribution >= 0.6 is 0 Å². The SMILES string of the molecule is O=C(N[C@H](/C=C/C(=O)N1CCc2ccccc21)CCc1ccccc1)[C@@H]1CC(F)CN1. The third-order valence-corrected chi connectivity index (χ3v) is 5.93. The molecule has 2 N–H and O–H groups in total. The van der Waals surface area contributed by atoms with Crippen LogP contribution in [0.1, 0.15) is 24.0 Å². The molecule has 2 aliphatic rings. The normalized spacial score (nSPS) is 21.3. The van der Waals surface area contributed by atoms with Crippen molar-refractivity contribution < 1.29 is 14.0 Å². The molecule has 31 heavy (non-hydrogen) atoms. The molecule has 2 heterocycles.